The van der Waals surface area contributed by atoms with E-state index < -0.39 is 8.16 Å². The summed E-state index contributed by atoms with van der Waals surface area (Å²) in [4.78, 5) is 0. The first-order valence-corrected chi connectivity index (χ1v) is 18.5. The molecule has 0 spiro atoms. The smallest absolute Gasteiger partial charge is 0.308 e. The van der Waals surface area contributed by atoms with Crippen molar-refractivity contribution in [3.8, 4) is 0 Å². The molecule has 0 unspecified atom stereocenters. The van der Waals surface area contributed by atoms with Gasteiger partial charge in [-0.25, -0.2) is 4.67 Å². The molecule has 1 fully saturated rings. The summed E-state index contributed by atoms with van der Waals surface area (Å²) in [5, 5.41) is 6.78. The van der Waals surface area contributed by atoms with E-state index in [1.54, 1.807) is 0 Å². The van der Waals surface area contributed by atoms with E-state index >= 15 is 0 Å². The van der Waals surface area contributed by atoms with Gasteiger partial charge in [0.25, 0.3) is 0 Å². The van der Waals surface area contributed by atoms with Crippen LogP contribution in [0.25, 0.3) is 43.5 Å². The molecule has 3 nitrogen and oxygen atoms in total. The van der Waals surface area contributed by atoms with Gasteiger partial charge in [0.15, 0.2) is 0 Å². The monoisotopic (exact) mass is 867 g/mol. The molecule has 1 aromatic heterocycles. The van der Waals surface area contributed by atoms with E-state index in [0.29, 0.717) is 0 Å². The van der Waals surface area contributed by atoms with Crippen molar-refractivity contribution in [3.05, 3.63) is 191 Å². The van der Waals surface area contributed by atoms with Crippen molar-refractivity contribution in [2.45, 2.75) is 44.7 Å². The Morgan fingerprint density at radius 3 is 1.39 bits per heavy atom. The van der Waals surface area contributed by atoms with E-state index in [1.807, 2.05) is 12.1 Å². The molecule has 0 N–H and O–H groups in total. The van der Waals surface area contributed by atoms with Gasteiger partial charge < -0.3 is 15.3 Å². The van der Waals surface area contributed by atoms with Gasteiger partial charge in [-0.2, -0.15) is 0 Å². The van der Waals surface area contributed by atoms with Gasteiger partial charge in [0.1, 0.15) is 11.2 Å². The third-order valence-corrected chi connectivity index (χ3v) is 10.8. The number of fused-ring (bicyclic) bond motifs is 7. The van der Waals surface area contributed by atoms with Gasteiger partial charge in [-0.05, 0) is 97.5 Å². The molecular formula is C46H45IrNO2P-. The number of rotatable bonds is 5. The predicted molar refractivity (Wildman–Crippen MR) is 215 cm³/mol. The van der Waals surface area contributed by atoms with E-state index in [4.69, 9.17) is 8.39 Å². The molecule has 1 aliphatic rings. The molecule has 0 aliphatic heterocycles. The van der Waals surface area contributed by atoms with Crippen molar-refractivity contribution in [1.29, 1.82) is 0 Å². The zero-order valence-corrected chi connectivity index (χ0v) is 32.4. The summed E-state index contributed by atoms with van der Waals surface area (Å²) >= 11 is 0. The number of nitrogens with zero attached hydrogens (tertiary/aromatic N) is 1. The first kappa shape index (κ1) is 38.6. The summed E-state index contributed by atoms with van der Waals surface area (Å²) in [5.41, 5.74) is 3.95. The van der Waals surface area contributed by atoms with Crippen LogP contribution in [-0.2, 0) is 20.1 Å². The molecule has 1 saturated carbocycles. The van der Waals surface area contributed by atoms with Gasteiger partial charge in [-0.3, -0.25) is 0 Å². The second-order valence-electron chi connectivity index (χ2n) is 12.2. The minimum absolute atomic E-state index is 0. The number of hydrogen-bond donors (Lipinski definition) is 0. The van der Waals surface area contributed by atoms with E-state index in [-0.39, 0.29) is 32.2 Å². The largest absolute Gasteiger partial charge is 0.408 e. The Hall–Kier alpha value is -3.65. The fraction of sp³-hybridized carbons (Fsp3) is 0.152. The molecule has 7 radical (unpaired) electrons. The molecule has 1 aliphatic carbocycles. The summed E-state index contributed by atoms with van der Waals surface area (Å²) in [6.45, 7) is 12.9. The van der Waals surface area contributed by atoms with Gasteiger partial charge in [-0.1, -0.05) is 147 Å². The zero-order chi connectivity index (χ0) is 34.7. The number of hydrogen-bond acceptors (Lipinski definition) is 3. The van der Waals surface area contributed by atoms with Crippen molar-refractivity contribution in [1.82, 2.24) is 0 Å². The molecule has 7 aromatic rings. The van der Waals surface area contributed by atoms with Crippen LogP contribution < -0.4 is 4.67 Å². The summed E-state index contributed by atoms with van der Waals surface area (Å²) in [5.74, 6) is 0. The maximum absolute atomic E-state index is 6.97. The third-order valence-electron chi connectivity index (χ3n) is 9.09. The zero-order valence-electron chi connectivity index (χ0n) is 29.2. The Labute approximate surface area is 319 Å². The van der Waals surface area contributed by atoms with Crippen LogP contribution in [0.2, 0.25) is 0 Å². The van der Waals surface area contributed by atoms with E-state index in [2.05, 4.69) is 179 Å². The molecule has 0 amide bonds. The van der Waals surface area contributed by atoms with E-state index in [9.17, 15) is 0 Å². The van der Waals surface area contributed by atoms with Crippen LogP contribution in [0, 0.1) is 46.5 Å². The standard InChI is InChI=1S/C36H29NO2P.C8H12.C2H4.Ir/c1-25(27-13-5-3-6-14-27)37(26(2)28-15-7-4-8-16-28)40-38-33-23-21-29-17-9-11-19-31(29)35(33)36-32-20-12-10-18-30(32)22-24-34(36)39-40;1-2-4-6-8-7-5-3-1;1-2;/h3-26H,1H2,2H3;1-2,7-8H,3-6H2;1-2H2;/q-1;;;/t25-,26-;;;/m0.../s1. The molecule has 261 valence electrons. The van der Waals surface area contributed by atoms with Crippen LogP contribution in [0.4, 0.5) is 0 Å². The Kier molecular flexibility index (Phi) is 14.6. The summed E-state index contributed by atoms with van der Waals surface area (Å²) in [7, 11) is -1.60. The molecule has 8 rings (SSSR count). The van der Waals surface area contributed by atoms with Crippen molar-refractivity contribution in [2.75, 3.05) is 4.67 Å². The van der Waals surface area contributed by atoms with Gasteiger partial charge in [0.2, 0.25) is 0 Å². The first-order valence-electron chi connectivity index (χ1n) is 17.4. The van der Waals surface area contributed by atoms with Crippen molar-refractivity contribution in [3.63, 3.8) is 0 Å². The van der Waals surface area contributed by atoms with E-state index in [1.165, 1.54) is 42.0 Å². The maximum atomic E-state index is 6.97. The quantitative estimate of drug-likeness (QED) is 0.161. The average molecular weight is 867 g/mol. The minimum atomic E-state index is -1.60. The molecular weight excluding hydrogens is 822 g/mol. The van der Waals surface area contributed by atoms with Crippen molar-refractivity contribution in [2.24, 2.45) is 0 Å². The fourth-order valence-electron chi connectivity index (χ4n) is 6.55. The Morgan fingerprint density at radius 1 is 0.549 bits per heavy atom. The molecule has 2 atom stereocenters. The molecule has 0 saturated heterocycles. The number of benzene rings is 6. The van der Waals surface area contributed by atoms with Gasteiger partial charge >= 0.3 is 8.16 Å². The summed E-state index contributed by atoms with van der Waals surface area (Å²) in [6, 6.07) is 46.2. The molecule has 51 heavy (non-hydrogen) atoms. The average Bonchev–Trinajstić information content (AvgIpc) is 3.33. The second kappa shape index (κ2) is 19.3. The Bertz CT molecular complexity index is 1980. The molecule has 5 heteroatoms. The van der Waals surface area contributed by atoms with Crippen LogP contribution in [0.1, 0.15) is 55.8 Å². The van der Waals surface area contributed by atoms with Crippen LogP contribution in [0.5, 0.6) is 0 Å². The van der Waals surface area contributed by atoms with Crippen molar-refractivity contribution < 1.29 is 28.5 Å². The predicted octanol–water partition coefficient (Wildman–Crippen LogP) is 13.9. The maximum Gasteiger partial charge on any atom is 0.308 e. The minimum Gasteiger partial charge on any atom is -0.408 e. The molecule has 6 aromatic carbocycles. The Morgan fingerprint density at radius 2 is 0.941 bits per heavy atom. The van der Waals surface area contributed by atoms with Gasteiger partial charge in [0, 0.05) is 36.9 Å². The topological polar surface area (TPSA) is 29.5 Å². The van der Waals surface area contributed by atoms with Crippen LogP contribution in [-0.4, -0.2) is 0 Å². The second-order valence-corrected chi connectivity index (χ2v) is 13.5. The van der Waals surface area contributed by atoms with Crippen LogP contribution in [0.15, 0.2) is 142 Å². The van der Waals surface area contributed by atoms with Gasteiger partial charge in [-0.15, -0.1) is 0 Å². The molecule has 1 heterocycles. The van der Waals surface area contributed by atoms with E-state index in [0.717, 1.165) is 38.3 Å². The summed E-state index contributed by atoms with van der Waals surface area (Å²) < 4.78 is 16.2. The molecule has 0 bridgehead atoms. The summed E-state index contributed by atoms with van der Waals surface area (Å²) in [6.07, 6.45) is 14.0. The van der Waals surface area contributed by atoms with Crippen LogP contribution >= 0.6 is 8.16 Å². The first-order chi connectivity index (χ1) is 24.7. The van der Waals surface area contributed by atoms with Gasteiger partial charge in [0.05, 0.1) is 0 Å². The SMILES string of the molecule is [CH2-][C@@H](c1ccccc1)N([C@@H](C)c1ccccc1)p1oc2ccc3ccccc3c2c2c(ccc3ccccc32)o1.[CH2][CH2].[CH]1[CH]CC[CH][CH]CC1.[Ir]. The normalized spacial score (nSPS) is 14.3. The fourth-order valence-corrected chi connectivity index (χ4v) is 8.19. The van der Waals surface area contributed by atoms with Crippen LogP contribution in [0.3, 0.4) is 0 Å². The Balaban J connectivity index is 0.000000402. The third kappa shape index (κ3) is 9.05. The van der Waals surface area contributed by atoms with Crippen molar-refractivity contribution >= 4 is 51.6 Å².